The Hall–Kier alpha value is -1.75. The lowest BCUT2D eigenvalue weighted by molar-refractivity contribution is -0.126. The first-order valence-electron chi connectivity index (χ1n) is 5.96. The van der Waals surface area contributed by atoms with Crippen LogP contribution in [0.5, 0.6) is 5.75 Å². The van der Waals surface area contributed by atoms with Gasteiger partial charge < -0.3 is 15.0 Å². The average molecular weight is 283 g/mol. The van der Waals surface area contributed by atoms with Gasteiger partial charge >= 0.3 is 0 Å². The number of anilines is 1. The Bertz CT molecular complexity index is 545. The minimum atomic E-state index is -0.741. The van der Waals surface area contributed by atoms with Crippen LogP contribution in [0.3, 0.4) is 0 Å². The van der Waals surface area contributed by atoms with E-state index in [4.69, 9.17) is 16.3 Å². The van der Waals surface area contributed by atoms with Gasteiger partial charge in [-0.2, -0.15) is 0 Å². The van der Waals surface area contributed by atoms with Crippen molar-refractivity contribution in [1.29, 1.82) is 0 Å². The lowest BCUT2D eigenvalue weighted by Crippen LogP contribution is -2.36. The minimum Gasteiger partial charge on any atom is -0.495 e. The molecule has 1 atom stereocenters. The van der Waals surface area contributed by atoms with E-state index in [2.05, 4.69) is 5.32 Å². The van der Waals surface area contributed by atoms with Crippen molar-refractivity contribution < 1.29 is 14.3 Å². The molecule has 0 unspecified atom stereocenters. The van der Waals surface area contributed by atoms with E-state index >= 15 is 0 Å². The van der Waals surface area contributed by atoms with Gasteiger partial charge in [-0.3, -0.25) is 9.59 Å². The molecular formula is C13H15ClN2O3. The fourth-order valence-corrected chi connectivity index (χ4v) is 2.58. The first kappa shape index (κ1) is 13.7. The summed E-state index contributed by atoms with van der Waals surface area (Å²) in [6.45, 7) is 3.71. The molecule has 5 nitrogen and oxygen atoms in total. The van der Waals surface area contributed by atoms with Crippen molar-refractivity contribution in [1.82, 2.24) is 5.32 Å². The number of nitrogens with one attached hydrogen (secondary N) is 1. The molecule has 2 amide bonds. The van der Waals surface area contributed by atoms with Crippen LogP contribution in [0.4, 0.5) is 5.69 Å². The monoisotopic (exact) mass is 282 g/mol. The predicted molar refractivity (Wildman–Crippen MR) is 72.6 cm³/mol. The van der Waals surface area contributed by atoms with Crippen molar-refractivity contribution in [3.63, 3.8) is 0 Å². The Labute approximate surface area is 116 Å². The molecule has 1 N–H and O–H groups in total. The Morgan fingerprint density at radius 2 is 2.21 bits per heavy atom. The third-order valence-electron chi connectivity index (χ3n) is 3.08. The van der Waals surface area contributed by atoms with Crippen LogP contribution in [0.25, 0.3) is 0 Å². The molecule has 1 aliphatic heterocycles. The van der Waals surface area contributed by atoms with Crippen molar-refractivity contribution >= 4 is 29.1 Å². The van der Waals surface area contributed by atoms with Crippen LogP contribution >= 0.6 is 11.6 Å². The highest BCUT2D eigenvalue weighted by molar-refractivity contribution is 6.33. The maximum absolute atomic E-state index is 12.3. The van der Waals surface area contributed by atoms with Gasteiger partial charge in [0.25, 0.3) is 5.91 Å². The lowest BCUT2D eigenvalue weighted by atomic mass is 10.1. The van der Waals surface area contributed by atoms with Gasteiger partial charge in [-0.25, -0.2) is 0 Å². The molecule has 0 fully saturated rings. The minimum absolute atomic E-state index is 0.195. The normalized spacial score (nSPS) is 17.4. The van der Waals surface area contributed by atoms with Crippen LogP contribution in [0, 0.1) is 0 Å². The molecule has 0 saturated carbocycles. The van der Waals surface area contributed by atoms with E-state index in [1.165, 1.54) is 14.0 Å². The second-order valence-electron chi connectivity index (χ2n) is 4.23. The van der Waals surface area contributed by atoms with Crippen LogP contribution < -0.4 is 15.0 Å². The molecule has 0 aromatic heterocycles. The summed E-state index contributed by atoms with van der Waals surface area (Å²) in [6.07, 6.45) is 0. The SMILES string of the molecule is CCN1C(=O)[C@H](NC(C)=O)c2c(Cl)ccc(OC)c21. The Kier molecular flexibility index (Phi) is 3.66. The highest BCUT2D eigenvalue weighted by Gasteiger charge is 2.40. The average Bonchev–Trinajstić information content (AvgIpc) is 2.63. The van der Waals surface area contributed by atoms with Crippen LogP contribution in [-0.2, 0) is 9.59 Å². The number of benzene rings is 1. The van der Waals surface area contributed by atoms with E-state index < -0.39 is 6.04 Å². The van der Waals surface area contributed by atoms with Gasteiger partial charge in [0.2, 0.25) is 5.91 Å². The van der Waals surface area contributed by atoms with Crippen LogP contribution in [0.15, 0.2) is 12.1 Å². The number of fused-ring (bicyclic) bond motifs is 1. The largest absolute Gasteiger partial charge is 0.495 e. The van der Waals surface area contributed by atoms with Crippen LogP contribution in [-0.4, -0.2) is 25.5 Å². The van der Waals surface area contributed by atoms with Crippen LogP contribution in [0.1, 0.15) is 25.5 Å². The Morgan fingerprint density at radius 3 is 2.74 bits per heavy atom. The number of likely N-dealkylation sites (N-methyl/N-ethyl adjacent to an activating group) is 1. The number of nitrogens with zero attached hydrogens (tertiary/aromatic N) is 1. The van der Waals surface area contributed by atoms with Crippen molar-refractivity contribution in [2.24, 2.45) is 0 Å². The zero-order chi connectivity index (χ0) is 14.2. The summed E-state index contributed by atoms with van der Waals surface area (Å²) in [5.41, 5.74) is 1.24. The highest BCUT2D eigenvalue weighted by atomic mass is 35.5. The van der Waals surface area contributed by atoms with E-state index in [1.807, 2.05) is 6.92 Å². The van der Waals surface area contributed by atoms with E-state index in [0.717, 1.165) is 0 Å². The standard InChI is InChI=1S/C13H15ClN2O3/c1-4-16-12-9(19-3)6-5-8(14)10(12)11(13(16)18)15-7(2)17/h5-6,11H,4H2,1-3H3,(H,15,17)/t11-/m1/s1. The molecule has 0 aliphatic carbocycles. The maximum atomic E-state index is 12.3. The fraction of sp³-hybridized carbons (Fsp3) is 0.385. The molecule has 19 heavy (non-hydrogen) atoms. The molecule has 1 aliphatic rings. The molecule has 0 saturated heterocycles. The molecule has 1 heterocycles. The quantitative estimate of drug-likeness (QED) is 0.921. The van der Waals surface area contributed by atoms with Gasteiger partial charge in [0.15, 0.2) is 0 Å². The number of amides is 2. The van der Waals surface area contributed by atoms with Crippen LogP contribution in [0.2, 0.25) is 5.02 Å². The predicted octanol–water partition coefficient (Wildman–Crippen LogP) is 1.89. The van der Waals surface area contributed by atoms with Gasteiger partial charge in [-0.05, 0) is 19.1 Å². The third-order valence-corrected chi connectivity index (χ3v) is 3.41. The molecule has 2 rings (SSSR count). The summed E-state index contributed by atoms with van der Waals surface area (Å²) in [5.74, 6) is 0.0997. The summed E-state index contributed by atoms with van der Waals surface area (Å²) in [5, 5.41) is 3.08. The first-order valence-corrected chi connectivity index (χ1v) is 6.33. The Balaban J connectivity index is 2.62. The molecule has 6 heteroatoms. The second-order valence-corrected chi connectivity index (χ2v) is 4.64. The summed E-state index contributed by atoms with van der Waals surface area (Å²) in [7, 11) is 1.54. The number of carbonyl (C=O) groups excluding carboxylic acids is 2. The number of hydrogen-bond acceptors (Lipinski definition) is 3. The molecule has 0 spiro atoms. The summed E-state index contributed by atoms with van der Waals surface area (Å²) < 4.78 is 5.28. The zero-order valence-electron chi connectivity index (χ0n) is 11.0. The van der Waals surface area contributed by atoms with Gasteiger partial charge in [0.1, 0.15) is 11.8 Å². The van der Waals surface area contributed by atoms with Crippen molar-refractivity contribution in [2.75, 3.05) is 18.6 Å². The van der Waals surface area contributed by atoms with Crippen molar-refractivity contribution in [3.05, 3.63) is 22.7 Å². The fourth-order valence-electron chi connectivity index (χ4n) is 2.32. The van der Waals surface area contributed by atoms with Crippen molar-refractivity contribution in [3.8, 4) is 5.75 Å². The number of ether oxygens (including phenoxy) is 1. The Morgan fingerprint density at radius 1 is 1.53 bits per heavy atom. The maximum Gasteiger partial charge on any atom is 0.254 e. The molecule has 1 aromatic rings. The molecule has 102 valence electrons. The van der Waals surface area contributed by atoms with E-state index in [1.54, 1.807) is 17.0 Å². The molecule has 0 radical (unpaired) electrons. The second kappa shape index (κ2) is 5.09. The lowest BCUT2D eigenvalue weighted by Gasteiger charge is -2.17. The summed E-state index contributed by atoms with van der Waals surface area (Å²) in [6, 6.07) is 2.64. The number of rotatable bonds is 3. The zero-order valence-corrected chi connectivity index (χ0v) is 11.7. The smallest absolute Gasteiger partial charge is 0.254 e. The van der Waals surface area contributed by atoms with Crippen molar-refractivity contribution in [2.45, 2.75) is 19.9 Å². The van der Waals surface area contributed by atoms with E-state index in [9.17, 15) is 9.59 Å². The van der Waals surface area contributed by atoms with E-state index in [0.29, 0.717) is 28.6 Å². The highest BCUT2D eigenvalue weighted by Crippen LogP contribution is 2.46. The van der Waals surface area contributed by atoms with Gasteiger partial charge in [0.05, 0.1) is 12.8 Å². The van der Waals surface area contributed by atoms with Gasteiger partial charge in [0, 0.05) is 24.1 Å². The number of carbonyl (C=O) groups is 2. The first-order chi connectivity index (χ1) is 9.01. The molecular weight excluding hydrogens is 268 g/mol. The molecule has 1 aromatic carbocycles. The third kappa shape index (κ3) is 2.14. The van der Waals surface area contributed by atoms with E-state index in [-0.39, 0.29) is 11.8 Å². The number of methoxy groups -OCH3 is 1. The molecule has 0 bridgehead atoms. The summed E-state index contributed by atoms with van der Waals surface area (Å²) in [4.78, 5) is 25.2. The van der Waals surface area contributed by atoms with Gasteiger partial charge in [-0.15, -0.1) is 0 Å². The van der Waals surface area contributed by atoms with Gasteiger partial charge in [-0.1, -0.05) is 11.6 Å². The topological polar surface area (TPSA) is 58.6 Å². The number of halogens is 1. The summed E-state index contributed by atoms with van der Waals surface area (Å²) >= 11 is 6.18. The number of hydrogen-bond donors (Lipinski definition) is 1.